The summed E-state index contributed by atoms with van der Waals surface area (Å²) in [6, 6.07) is 9.26. The smallest absolute Gasteiger partial charge is 0.416 e. The molecule has 8 heteroatoms. The number of rotatable bonds is 11. The molecule has 0 N–H and O–H groups in total. The van der Waals surface area contributed by atoms with Crippen LogP contribution in [0.1, 0.15) is 59.8 Å². The fraction of sp³-hybridized carbons (Fsp3) is 0.567. The third kappa shape index (κ3) is 7.96. The van der Waals surface area contributed by atoms with Gasteiger partial charge in [-0.2, -0.15) is 13.2 Å². The Bertz CT molecular complexity index is 1050. The van der Waals surface area contributed by atoms with Crippen LogP contribution in [0.3, 0.4) is 0 Å². The van der Waals surface area contributed by atoms with Crippen LogP contribution in [0.2, 0.25) is 0 Å². The normalized spacial score (nSPS) is 14.9. The maximum Gasteiger partial charge on any atom is 0.416 e. The molecule has 2 aromatic carbocycles. The van der Waals surface area contributed by atoms with Crippen LogP contribution < -0.4 is 4.74 Å². The summed E-state index contributed by atoms with van der Waals surface area (Å²) in [4.78, 5) is 19.2. The highest BCUT2D eigenvalue weighted by molar-refractivity contribution is 5.94. The molecule has 0 aliphatic carbocycles. The maximum atomic E-state index is 12.8. The van der Waals surface area contributed by atoms with Crippen molar-refractivity contribution in [3.63, 3.8) is 0 Å². The van der Waals surface area contributed by atoms with Crippen molar-refractivity contribution in [2.24, 2.45) is 0 Å². The zero-order valence-corrected chi connectivity index (χ0v) is 23.4. The van der Waals surface area contributed by atoms with E-state index in [1.807, 2.05) is 0 Å². The van der Waals surface area contributed by atoms with Crippen molar-refractivity contribution in [3.8, 4) is 5.75 Å². The molecule has 0 radical (unpaired) electrons. The molecule has 2 aromatic rings. The largest absolute Gasteiger partial charge is 0.493 e. The molecule has 1 amide bonds. The van der Waals surface area contributed by atoms with Crippen molar-refractivity contribution in [2.75, 3.05) is 52.4 Å². The molecule has 1 fully saturated rings. The quantitative estimate of drug-likeness (QED) is 0.341. The first-order chi connectivity index (χ1) is 18.0. The van der Waals surface area contributed by atoms with Crippen molar-refractivity contribution in [1.82, 2.24) is 14.7 Å². The summed E-state index contributed by atoms with van der Waals surface area (Å²) in [5.41, 5.74) is 3.30. The second-order valence-electron chi connectivity index (χ2n) is 10.4. The first-order valence-electron chi connectivity index (χ1n) is 13.7. The van der Waals surface area contributed by atoms with Gasteiger partial charge >= 0.3 is 6.18 Å². The van der Waals surface area contributed by atoms with Crippen LogP contribution in [0.4, 0.5) is 13.2 Å². The summed E-state index contributed by atoms with van der Waals surface area (Å²) in [6.07, 6.45) is -2.49. The summed E-state index contributed by atoms with van der Waals surface area (Å²) < 4.78 is 44.5. The van der Waals surface area contributed by atoms with Gasteiger partial charge in [-0.3, -0.25) is 9.69 Å². The molecule has 0 saturated carbocycles. The number of hydrogen-bond donors (Lipinski definition) is 0. The third-order valence-electron chi connectivity index (χ3n) is 7.65. The number of ether oxygens (including phenoxy) is 1. The highest BCUT2D eigenvalue weighted by atomic mass is 19.4. The standard InChI is InChI=1S/C30H42F3N3O2/c1-6-35(22(2)3)15-7-21-38-28-13-10-25(23(4)24(28)5)14-16-34-17-19-36(20-18-34)29(37)26-8-11-27(12-9-26)30(31,32)33/h8-13,22H,6-7,14-21H2,1-5H3. The van der Waals surface area contributed by atoms with Gasteiger partial charge in [0.05, 0.1) is 12.2 Å². The minimum absolute atomic E-state index is 0.216. The number of carbonyl (C=O) groups excluding carboxylic acids is 1. The van der Waals surface area contributed by atoms with Crippen LogP contribution >= 0.6 is 0 Å². The predicted octanol–water partition coefficient (Wildman–Crippen LogP) is 5.82. The molecule has 1 saturated heterocycles. The summed E-state index contributed by atoms with van der Waals surface area (Å²) in [5, 5.41) is 0. The Morgan fingerprint density at radius 1 is 1.00 bits per heavy atom. The molecule has 210 valence electrons. The van der Waals surface area contributed by atoms with Crippen LogP contribution in [0.25, 0.3) is 0 Å². The van der Waals surface area contributed by atoms with Crippen LogP contribution in [-0.4, -0.2) is 79.1 Å². The highest BCUT2D eigenvalue weighted by Crippen LogP contribution is 2.29. The molecule has 0 aromatic heterocycles. The highest BCUT2D eigenvalue weighted by Gasteiger charge is 2.30. The summed E-state index contributed by atoms with van der Waals surface area (Å²) in [5.74, 6) is 0.737. The van der Waals surface area contributed by atoms with E-state index >= 15 is 0 Å². The Kier molecular flexibility index (Phi) is 10.6. The van der Waals surface area contributed by atoms with Crippen LogP contribution in [0, 0.1) is 13.8 Å². The minimum atomic E-state index is -4.40. The number of benzene rings is 2. The molecular weight excluding hydrogens is 491 g/mol. The van der Waals surface area contributed by atoms with E-state index in [4.69, 9.17) is 4.74 Å². The van der Waals surface area contributed by atoms with E-state index in [0.717, 1.165) is 63.4 Å². The number of alkyl halides is 3. The first kappa shape index (κ1) is 30.0. The Labute approximate surface area is 225 Å². The number of nitrogens with zero attached hydrogens (tertiary/aromatic N) is 3. The van der Waals surface area contributed by atoms with Gasteiger partial charge in [0.2, 0.25) is 0 Å². The minimum Gasteiger partial charge on any atom is -0.493 e. The fourth-order valence-corrected chi connectivity index (χ4v) is 4.95. The van der Waals surface area contributed by atoms with Crippen molar-refractivity contribution >= 4 is 5.91 Å². The lowest BCUT2D eigenvalue weighted by Gasteiger charge is -2.35. The van der Waals surface area contributed by atoms with Crippen LogP contribution in [-0.2, 0) is 12.6 Å². The van der Waals surface area contributed by atoms with Crippen molar-refractivity contribution in [2.45, 2.75) is 59.7 Å². The van der Waals surface area contributed by atoms with E-state index in [2.05, 4.69) is 56.6 Å². The number of hydrogen-bond acceptors (Lipinski definition) is 4. The van der Waals surface area contributed by atoms with Crippen molar-refractivity contribution in [1.29, 1.82) is 0 Å². The first-order valence-corrected chi connectivity index (χ1v) is 13.7. The van der Waals surface area contributed by atoms with Gasteiger partial charge in [0, 0.05) is 50.9 Å². The van der Waals surface area contributed by atoms with Crippen LogP contribution in [0.15, 0.2) is 36.4 Å². The molecular formula is C30H42F3N3O2. The maximum absolute atomic E-state index is 12.8. The zero-order valence-electron chi connectivity index (χ0n) is 23.4. The molecule has 38 heavy (non-hydrogen) atoms. The number of amides is 1. The molecule has 3 rings (SSSR count). The van der Waals surface area contributed by atoms with Crippen LogP contribution in [0.5, 0.6) is 5.75 Å². The van der Waals surface area contributed by atoms with Gasteiger partial charge in [-0.05, 0) is 94.1 Å². The fourth-order valence-electron chi connectivity index (χ4n) is 4.95. The number of piperazine rings is 1. The van der Waals surface area contributed by atoms with E-state index in [1.165, 1.54) is 28.8 Å². The second-order valence-corrected chi connectivity index (χ2v) is 10.4. The zero-order chi connectivity index (χ0) is 27.9. The van der Waals surface area contributed by atoms with E-state index in [1.54, 1.807) is 4.90 Å². The third-order valence-corrected chi connectivity index (χ3v) is 7.65. The lowest BCUT2D eigenvalue weighted by atomic mass is 9.99. The summed E-state index contributed by atoms with van der Waals surface area (Å²) >= 11 is 0. The Hall–Kier alpha value is -2.58. The second kappa shape index (κ2) is 13.5. The molecule has 0 atom stereocenters. The van der Waals surface area contributed by atoms with E-state index in [9.17, 15) is 18.0 Å². The Morgan fingerprint density at radius 2 is 1.66 bits per heavy atom. The lowest BCUT2D eigenvalue weighted by Crippen LogP contribution is -2.49. The Morgan fingerprint density at radius 3 is 2.24 bits per heavy atom. The average molecular weight is 534 g/mol. The summed E-state index contributed by atoms with van der Waals surface area (Å²) in [7, 11) is 0. The summed E-state index contributed by atoms with van der Waals surface area (Å²) in [6.45, 7) is 17.2. The molecule has 5 nitrogen and oxygen atoms in total. The van der Waals surface area contributed by atoms with Gasteiger partial charge < -0.3 is 14.5 Å². The van der Waals surface area contributed by atoms with Gasteiger partial charge in [0.1, 0.15) is 5.75 Å². The average Bonchev–Trinajstić information content (AvgIpc) is 2.89. The van der Waals surface area contributed by atoms with Gasteiger partial charge in [-0.25, -0.2) is 0 Å². The van der Waals surface area contributed by atoms with E-state index in [0.29, 0.717) is 31.3 Å². The molecule has 1 aliphatic heterocycles. The number of carbonyl (C=O) groups is 1. The molecule has 1 aliphatic rings. The molecule has 0 bridgehead atoms. The molecule has 0 spiro atoms. The van der Waals surface area contributed by atoms with Gasteiger partial charge in [0.25, 0.3) is 5.91 Å². The SMILES string of the molecule is CCN(CCCOc1ccc(CCN2CCN(C(=O)c3ccc(C(F)(F)F)cc3)CC2)c(C)c1C)C(C)C. The van der Waals surface area contributed by atoms with Crippen molar-refractivity contribution in [3.05, 3.63) is 64.2 Å². The lowest BCUT2D eigenvalue weighted by molar-refractivity contribution is -0.137. The van der Waals surface area contributed by atoms with Gasteiger partial charge in [-0.1, -0.05) is 13.0 Å². The molecule has 1 heterocycles. The predicted molar refractivity (Wildman–Crippen MR) is 146 cm³/mol. The monoisotopic (exact) mass is 533 g/mol. The van der Waals surface area contributed by atoms with E-state index < -0.39 is 11.7 Å². The number of halogens is 3. The Balaban J connectivity index is 1.45. The van der Waals surface area contributed by atoms with E-state index in [-0.39, 0.29) is 5.91 Å². The molecule has 0 unspecified atom stereocenters. The van der Waals surface area contributed by atoms with Crippen molar-refractivity contribution < 1.29 is 22.7 Å². The van der Waals surface area contributed by atoms with Gasteiger partial charge in [0.15, 0.2) is 0 Å². The van der Waals surface area contributed by atoms with Gasteiger partial charge in [-0.15, -0.1) is 0 Å². The topological polar surface area (TPSA) is 36.0 Å².